The zero-order chi connectivity index (χ0) is 12.3. The van der Waals surface area contributed by atoms with Crippen LogP contribution in [0.2, 0.25) is 0 Å². The number of urea groups is 1. The van der Waals surface area contributed by atoms with E-state index in [1.54, 1.807) is 23.8 Å². The van der Waals surface area contributed by atoms with Gasteiger partial charge in [-0.1, -0.05) is 0 Å². The number of carbonyl (C=O) groups is 2. The second kappa shape index (κ2) is 4.72. The molecule has 1 rings (SSSR count). The van der Waals surface area contributed by atoms with Crippen molar-refractivity contribution in [1.29, 1.82) is 0 Å². The molecule has 16 heavy (non-hydrogen) atoms. The number of aliphatic carboxylic acids is 1. The average molecular weight is 228 g/mol. The van der Waals surface area contributed by atoms with E-state index in [-0.39, 0.29) is 6.03 Å². The highest BCUT2D eigenvalue weighted by molar-refractivity contribution is 5.78. The standard InChI is InChI=1S/C11H20N2O3/c1-4-12(3)10(16)13-7-5-6-11(2,8-13)9(14)15/h4-8H2,1-3H3,(H,14,15). The summed E-state index contributed by atoms with van der Waals surface area (Å²) in [7, 11) is 1.73. The molecule has 0 aromatic heterocycles. The van der Waals surface area contributed by atoms with Crippen molar-refractivity contribution in [2.75, 3.05) is 26.7 Å². The van der Waals surface area contributed by atoms with Crippen LogP contribution >= 0.6 is 0 Å². The first-order valence-electron chi connectivity index (χ1n) is 5.64. The number of hydrogen-bond acceptors (Lipinski definition) is 2. The van der Waals surface area contributed by atoms with Gasteiger partial charge in [-0.3, -0.25) is 4.79 Å². The van der Waals surface area contributed by atoms with Crippen LogP contribution in [-0.4, -0.2) is 53.6 Å². The molecule has 0 saturated carbocycles. The first-order valence-corrected chi connectivity index (χ1v) is 5.64. The van der Waals surface area contributed by atoms with Crippen molar-refractivity contribution in [2.45, 2.75) is 26.7 Å². The Morgan fingerprint density at radius 1 is 1.50 bits per heavy atom. The van der Waals surface area contributed by atoms with E-state index < -0.39 is 11.4 Å². The van der Waals surface area contributed by atoms with Crippen LogP contribution in [0.4, 0.5) is 4.79 Å². The molecule has 1 aliphatic rings. The lowest BCUT2D eigenvalue weighted by Crippen LogP contribution is -2.51. The minimum Gasteiger partial charge on any atom is -0.481 e. The van der Waals surface area contributed by atoms with Crippen LogP contribution in [0.15, 0.2) is 0 Å². The predicted octanol–water partition coefficient (Wildman–Crippen LogP) is 1.24. The SMILES string of the molecule is CCN(C)C(=O)N1CCCC(C)(C(=O)O)C1. The Hall–Kier alpha value is -1.26. The molecule has 0 aliphatic carbocycles. The van der Waals surface area contributed by atoms with E-state index >= 15 is 0 Å². The van der Waals surface area contributed by atoms with Crippen molar-refractivity contribution in [1.82, 2.24) is 9.80 Å². The Balaban J connectivity index is 2.71. The van der Waals surface area contributed by atoms with E-state index in [4.69, 9.17) is 5.11 Å². The lowest BCUT2D eigenvalue weighted by molar-refractivity contribution is -0.150. The fourth-order valence-corrected chi connectivity index (χ4v) is 1.95. The molecule has 1 aliphatic heterocycles. The number of rotatable bonds is 2. The Morgan fingerprint density at radius 3 is 2.62 bits per heavy atom. The van der Waals surface area contributed by atoms with Gasteiger partial charge in [0.05, 0.1) is 5.41 Å². The maximum Gasteiger partial charge on any atom is 0.319 e. The topological polar surface area (TPSA) is 60.9 Å². The molecule has 1 unspecified atom stereocenters. The van der Waals surface area contributed by atoms with Crippen LogP contribution in [0.25, 0.3) is 0 Å². The molecule has 0 radical (unpaired) electrons. The zero-order valence-corrected chi connectivity index (χ0v) is 10.2. The van der Waals surface area contributed by atoms with E-state index in [9.17, 15) is 9.59 Å². The van der Waals surface area contributed by atoms with Crippen LogP contribution < -0.4 is 0 Å². The van der Waals surface area contributed by atoms with Crippen LogP contribution in [0.3, 0.4) is 0 Å². The van der Waals surface area contributed by atoms with Crippen LogP contribution in [0.5, 0.6) is 0 Å². The van der Waals surface area contributed by atoms with Gasteiger partial charge in [0.25, 0.3) is 0 Å². The number of piperidine rings is 1. The summed E-state index contributed by atoms with van der Waals surface area (Å²) in [5.41, 5.74) is -0.789. The lowest BCUT2D eigenvalue weighted by atomic mass is 9.82. The first-order chi connectivity index (χ1) is 7.40. The van der Waals surface area contributed by atoms with Gasteiger partial charge in [0.2, 0.25) is 0 Å². The molecule has 5 heteroatoms. The number of carbonyl (C=O) groups excluding carboxylic acids is 1. The Kier molecular flexibility index (Phi) is 3.78. The molecule has 1 N–H and O–H groups in total. The monoisotopic (exact) mass is 228 g/mol. The van der Waals surface area contributed by atoms with Gasteiger partial charge >= 0.3 is 12.0 Å². The van der Waals surface area contributed by atoms with E-state index in [1.807, 2.05) is 6.92 Å². The highest BCUT2D eigenvalue weighted by atomic mass is 16.4. The Morgan fingerprint density at radius 2 is 2.12 bits per heavy atom. The first kappa shape index (κ1) is 12.8. The molecule has 0 aromatic rings. The third-order valence-electron chi connectivity index (χ3n) is 3.28. The smallest absolute Gasteiger partial charge is 0.319 e. The van der Waals surface area contributed by atoms with Gasteiger partial charge in [-0.15, -0.1) is 0 Å². The normalized spacial score (nSPS) is 25.3. The second-order valence-electron chi connectivity index (χ2n) is 4.69. The molecule has 0 bridgehead atoms. The minimum atomic E-state index is -0.816. The maximum absolute atomic E-state index is 11.9. The zero-order valence-electron chi connectivity index (χ0n) is 10.2. The molecule has 1 heterocycles. The maximum atomic E-state index is 11.9. The Bertz CT molecular complexity index is 293. The summed E-state index contributed by atoms with van der Waals surface area (Å²) in [6.45, 7) is 5.22. The van der Waals surface area contributed by atoms with Gasteiger partial charge in [-0.25, -0.2) is 4.79 Å². The largest absolute Gasteiger partial charge is 0.481 e. The summed E-state index contributed by atoms with van der Waals surface area (Å²) < 4.78 is 0. The van der Waals surface area contributed by atoms with Crippen molar-refractivity contribution in [3.05, 3.63) is 0 Å². The number of likely N-dealkylation sites (tertiary alicyclic amines) is 1. The minimum absolute atomic E-state index is 0.0744. The van der Waals surface area contributed by atoms with Gasteiger partial charge in [-0.05, 0) is 26.7 Å². The molecule has 1 saturated heterocycles. The molecule has 1 atom stereocenters. The second-order valence-corrected chi connectivity index (χ2v) is 4.69. The molecule has 2 amide bonds. The molecular weight excluding hydrogens is 208 g/mol. The van der Waals surface area contributed by atoms with Gasteiger partial charge in [-0.2, -0.15) is 0 Å². The number of amides is 2. The summed E-state index contributed by atoms with van der Waals surface area (Å²) in [6.07, 6.45) is 1.40. The quantitative estimate of drug-likeness (QED) is 0.773. The summed E-state index contributed by atoms with van der Waals surface area (Å²) in [5.74, 6) is -0.816. The van der Waals surface area contributed by atoms with Gasteiger partial charge < -0.3 is 14.9 Å². The molecule has 5 nitrogen and oxygen atoms in total. The number of nitrogens with zero attached hydrogens (tertiary/aromatic N) is 2. The highest BCUT2D eigenvalue weighted by Crippen LogP contribution is 2.29. The highest BCUT2D eigenvalue weighted by Gasteiger charge is 2.39. The number of hydrogen-bond donors (Lipinski definition) is 1. The van der Waals surface area contributed by atoms with Crippen molar-refractivity contribution < 1.29 is 14.7 Å². The van der Waals surface area contributed by atoms with Crippen molar-refractivity contribution in [3.8, 4) is 0 Å². The van der Waals surface area contributed by atoms with Gasteiger partial charge in [0.15, 0.2) is 0 Å². The number of carboxylic acid groups (broad SMARTS) is 1. The fraction of sp³-hybridized carbons (Fsp3) is 0.818. The van der Waals surface area contributed by atoms with Crippen molar-refractivity contribution >= 4 is 12.0 Å². The fourth-order valence-electron chi connectivity index (χ4n) is 1.95. The summed E-state index contributed by atoms with van der Waals surface area (Å²) in [5, 5.41) is 9.14. The predicted molar refractivity (Wildman–Crippen MR) is 60.2 cm³/mol. The van der Waals surface area contributed by atoms with E-state index in [0.29, 0.717) is 26.1 Å². The van der Waals surface area contributed by atoms with Crippen LogP contribution in [0.1, 0.15) is 26.7 Å². The summed E-state index contributed by atoms with van der Waals surface area (Å²) >= 11 is 0. The molecule has 0 aromatic carbocycles. The van der Waals surface area contributed by atoms with E-state index in [0.717, 1.165) is 6.42 Å². The molecule has 1 fully saturated rings. The molecular formula is C11H20N2O3. The van der Waals surface area contributed by atoms with E-state index in [2.05, 4.69) is 0 Å². The number of carboxylic acids is 1. The summed E-state index contributed by atoms with van der Waals surface area (Å²) in [6, 6.07) is -0.0744. The van der Waals surface area contributed by atoms with Gasteiger partial charge in [0.1, 0.15) is 0 Å². The van der Waals surface area contributed by atoms with Crippen LogP contribution in [-0.2, 0) is 4.79 Å². The van der Waals surface area contributed by atoms with Crippen molar-refractivity contribution in [3.63, 3.8) is 0 Å². The molecule has 0 spiro atoms. The molecule has 92 valence electrons. The third-order valence-corrected chi connectivity index (χ3v) is 3.28. The summed E-state index contributed by atoms with van der Waals surface area (Å²) in [4.78, 5) is 26.3. The van der Waals surface area contributed by atoms with Crippen molar-refractivity contribution in [2.24, 2.45) is 5.41 Å². The third kappa shape index (κ3) is 2.46. The average Bonchev–Trinajstić information content (AvgIpc) is 2.27. The van der Waals surface area contributed by atoms with E-state index in [1.165, 1.54) is 0 Å². The van der Waals surface area contributed by atoms with Crippen LogP contribution in [0, 0.1) is 5.41 Å². The lowest BCUT2D eigenvalue weighted by Gasteiger charge is -2.38. The Labute approximate surface area is 96.0 Å². The van der Waals surface area contributed by atoms with Gasteiger partial charge in [0, 0.05) is 26.7 Å².